The Bertz CT molecular complexity index is 191. The largest absolute Gasteiger partial charge is 0.119 e. The fourth-order valence-electron chi connectivity index (χ4n) is 0.834. The van der Waals surface area contributed by atoms with E-state index in [1.54, 1.807) is 0 Å². The van der Waals surface area contributed by atoms with Crippen LogP contribution in [0.3, 0.4) is 0 Å². The molecule has 9 heavy (non-hydrogen) atoms. The highest BCUT2D eigenvalue weighted by atomic mass is 14.2. The van der Waals surface area contributed by atoms with Gasteiger partial charge < -0.3 is 0 Å². The van der Waals surface area contributed by atoms with Crippen LogP contribution in [0.2, 0.25) is 0 Å². The summed E-state index contributed by atoms with van der Waals surface area (Å²) in [4.78, 5) is 0. The molecule has 0 aromatic carbocycles. The van der Waals surface area contributed by atoms with Gasteiger partial charge in [0.1, 0.15) is 0 Å². The van der Waals surface area contributed by atoms with Crippen molar-refractivity contribution in [3.63, 3.8) is 0 Å². The molecule has 0 saturated heterocycles. The Hall–Kier alpha value is -0.960. The first-order valence-corrected chi connectivity index (χ1v) is 3.09. The average Bonchev–Trinajstić information content (AvgIpc) is 1.90. The number of rotatable bonds is 0. The van der Waals surface area contributed by atoms with Gasteiger partial charge in [0, 0.05) is 5.41 Å². The zero-order valence-corrected chi connectivity index (χ0v) is 5.59. The maximum Gasteiger partial charge on any atom is 0.0500 e. The summed E-state index contributed by atoms with van der Waals surface area (Å²) in [7, 11) is 0. The molecule has 0 aliphatic heterocycles. The Kier molecular flexibility index (Phi) is 1.44. The van der Waals surface area contributed by atoms with E-state index in [1.807, 2.05) is 12.2 Å². The third-order valence-electron chi connectivity index (χ3n) is 1.58. The van der Waals surface area contributed by atoms with E-state index < -0.39 is 0 Å². The summed E-state index contributed by atoms with van der Waals surface area (Å²) in [5, 5.41) is 0. The van der Waals surface area contributed by atoms with Crippen molar-refractivity contribution in [1.29, 1.82) is 0 Å². The van der Waals surface area contributed by atoms with Gasteiger partial charge in [-0.15, -0.1) is 6.42 Å². The van der Waals surface area contributed by atoms with Gasteiger partial charge in [-0.05, 0) is 13.3 Å². The molecule has 0 spiro atoms. The maximum atomic E-state index is 5.30. The predicted molar refractivity (Wildman–Crippen MR) is 39.8 cm³/mol. The molecule has 0 amide bonds. The Labute approximate surface area is 56.3 Å². The predicted octanol–water partition coefficient (Wildman–Crippen LogP) is 2.14. The molecule has 0 N–H and O–H groups in total. The molecule has 46 valence electrons. The van der Waals surface area contributed by atoms with Crippen molar-refractivity contribution in [1.82, 2.24) is 0 Å². The highest BCUT2D eigenvalue weighted by molar-refractivity contribution is 5.24. The minimum Gasteiger partial charge on any atom is -0.119 e. The van der Waals surface area contributed by atoms with Crippen LogP contribution >= 0.6 is 0 Å². The summed E-state index contributed by atoms with van der Waals surface area (Å²) in [6, 6.07) is 0. The molecular weight excluding hydrogens is 108 g/mol. The number of hydrogen-bond acceptors (Lipinski definition) is 0. The molecule has 0 fully saturated rings. The Morgan fingerprint density at radius 1 is 1.56 bits per heavy atom. The number of allylic oxidation sites excluding steroid dienone is 4. The van der Waals surface area contributed by atoms with Gasteiger partial charge in [-0.3, -0.25) is 0 Å². The van der Waals surface area contributed by atoms with Gasteiger partial charge >= 0.3 is 0 Å². The van der Waals surface area contributed by atoms with Crippen molar-refractivity contribution in [2.24, 2.45) is 5.41 Å². The second-order valence-corrected chi connectivity index (χ2v) is 2.55. The van der Waals surface area contributed by atoms with Crippen LogP contribution in [0.25, 0.3) is 0 Å². The van der Waals surface area contributed by atoms with E-state index in [-0.39, 0.29) is 5.41 Å². The van der Waals surface area contributed by atoms with Crippen molar-refractivity contribution in [3.8, 4) is 12.3 Å². The molecular formula is C9H10. The third-order valence-corrected chi connectivity index (χ3v) is 1.58. The lowest BCUT2D eigenvalue weighted by Crippen LogP contribution is -2.09. The van der Waals surface area contributed by atoms with Gasteiger partial charge in [0.2, 0.25) is 0 Å². The molecule has 1 rings (SSSR count). The molecule has 1 atom stereocenters. The third kappa shape index (κ3) is 1.23. The Balaban J connectivity index is 2.77. The SMILES string of the molecule is C#CC1(C)C=CC=CC1. The van der Waals surface area contributed by atoms with E-state index in [4.69, 9.17) is 6.42 Å². The second kappa shape index (κ2) is 2.11. The van der Waals surface area contributed by atoms with Crippen LogP contribution in [0, 0.1) is 17.8 Å². The first-order valence-electron chi connectivity index (χ1n) is 3.09. The van der Waals surface area contributed by atoms with Gasteiger partial charge in [-0.25, -0.2) is 0 Å². The fourth-order valence-corrected chi connectivity index (χ4v) is 0.834. The molecule has 1 aliphatic rings. The summed E-state index contributed by atoms with van der Waals surface area (Å²) < 4.78 is 0. The highest BCUT2D eigenvalue weighted by Crippen LogP contribution is 2.24. The molecule has 1 aliphatic carbocycles. The zero-order chi connectivity index (χ0) is 6.74. The first kappa shape index (κ1) is 6.16. The summed E-state index contributed by atoms with van der Waals surface area (Å²) in [5.74, 6) is 2.74. The summed E-state index contributed by atoms with van der Waals surface area (Å²) in [6.07, 6.45) is 14.5. The Morgan fingerprint density at radius 2 is 2.33 bits per heavy atom. The van der Waals surface area contributed by atoms with E-state index >= 15 is 0 Å². The Morgan fingerprint density at radius 3 is 2.67 bits per heavy atom. The fraction of sp³-hybridized carbons (Fsp3) is 0.333. The lowest BCUT2D eigenvalue weighted by atomic mass is 9.85. The van der Waals surface area contributed by atoms with Crippen LogP contribution in [0.5, 0.6) is 0 Å². The van der Waals surface area contributed by atoms with Gasteiger partial charge in [-0.2, -0.15) is 0 Å². The number of terminal acetylenes is 1. The van der Waals surface area contributed by atoms with Gasteiger partial charge in [0.25, 0.3) is 0 Å². The normalized spacial score (nSPS) is 32.0. The lowest BCUT2D eigenvalue weighted by Gasteiger charge is -2.18. The topological polar surface area (TPSA) is 0 Å². The van der Waals surface area contributed by atoms with Crippen LogP contribution < -0.4 is 0 Å². The van der Waals surface area contributed by atoms with E-state index in [0.29, 0.717) is 0 Å². The van der Waals surface area contributed by atoms with Crippen LogP contribution in [0.15, 0.2) is 24.3 Å². The summed E-state index contributed by atoms with van der Waals surface area (Å²) in [6.45, 7) is 2.06. The standard InChI is InChI=1S/C9H10/c1-3-9(2)7-5-4-6-8-9/h1,4-7H,8H2,2H3. The molecule has 0 aromatic rings. The van der Waals surface area contributed by atoms with Crippen LogP contribution in [0.1, 0.15) is 13.3 Å². The van der Waals surface area contributed by atoms with E-state index in [2.05, 4.69) is 25.0 Å². The van der Waals surface area contributed by atoms with Crippen molar-refractivity contribution in [2.75, 3.05) is 0 Å². The molecule has 1 unspecified atom stereocenters. The molecule has 0 bridgehead atoms. The van der Waals surface area contributed by atoms with Crippen molar-refractivity contribution in [3.05, 3.63) is 24.3 Å². The van der Waals surface area contributed by atoms with Gasteiger partial charge in [-0.1, -0.05) is 30.2 Å². The zero-order valence-electron chi connectivity index (χ0n) is 5.59. The van der Waals surface area contributed by atoms with E-state index in [0.717, 1.165) is 6.42 Å². The van der Waals surface area contributed by atoms with Gasteiger partial charge in [0.15, 0.2) is 0 Å². The van der Waals surface area contributed by atoms with Crippen molar-refractivity contribution in [2.45, 2.75) is 13.3 Å². The first-order chi connectivity index (χ1) is 4.27. The highest BCUT2D eigenvalue weighted by Gasteiger charge is 2.15. The summed E-state index contributed by atoms with van der Waals surface area (Å²) >= 11 is 0. The molecule has 0 radical (unpaired) electrons. The minimum absolute atomic E-state index is 0.0191. The monoisotopic (exact) mass is 118 g/mol. The molecule has 0 heterocycles. The van der Waals surface area contributed by atoms with E-state index in [1.165, 1.54) is 0 Å². The van der Waals surface area contributed by atoms with Crippen LogP contribution in [-0.2, 0) is 0 Å². The minimum atomic E-state index is -0.0191. The lowest BCUT2D eigenvalue weighted by molar-refractivity contribution is 0.583. The van der Waals surface area contributed by atoms with Gasteiger partial charge in [0.05, 0.1) is 0 Å². The van der Waals surface area contributed by atoms with Crippen LogP contribution in [-0.4, -0.2) is 0 Å². The quantitative estimate of drug-likeness (QED) is 0.427. The van der Waals surface area contributed by atoms with Crippen molar-refractivity contribution >= 4 is 0 Å². The smallest absolute Gasteiger partial charge is 0.0500 e. The van der Waals surface area contributed by atoms with Crippen molar-refractivity contribution < 1.29 is 0 Å². The molecule has 0 saturated carbocycles. The molecule has 0 aromatic heterocycles. The molecule has 0 nitrogen and oxygen atoms in total. The summed E-state index contributed by atoms with van der Waals surface area (Å²) in [5.41, 5.74) is -0.0191. The molecule has 0 heteroatoms. The maximum absolute atomic E-state index is 5.30. The number of hydrogen-bond donors (Lipinski definition) is 0. The average molecular weight is 118 g/mol. The van der Waals surface area contributed by atoms with Crippen LogP contribution in [0.4, 0.5) is 0 Å². The van der Waals surface area contributed by atoms with E-state index in [9.17, 15) is 0 Å². The second-order valence-electron chi connectivity index (χ2n) is 2.55.